The van der Waals surface area contributed by atoms with Gasteiger partial charge in [0.05, 0.1) is 39.0 Å². The van der Waals surface area contributed by atoms with Gasteiger partial charge in [0.1, 0.15) is 43.7 Å². The van der Waals surface area contributed by atoms with Crippen LogP contribution in [-0.2, 0) is 124 Å². The van der Waals surface area contributed by atoms with Crippen LogP contribution in [0.25, 0.3) is 0 Å². The molecule has 2 unspecified atom stereocenters. The van der Waals surface area contributed by atoms with Crippen molar-refractivity contribution < 1.29 is 155 Å². The molecule has 3 aliphatic rings. The van der Waals surface area contributed by atoms with Gasteiger partial charge in [-0.05, 0) is 19.8 Å². The van der Waals surface area contributed by atoms with Crippen LogP contribution in [0.2, 0.25) is 0 Å². The summed E-state index contributed by atoms with van der Waals surface area (Å²) < 4.78 is 137. The number of ether oxygens (including phenoxy) is 14. The van der Waals surface area contributed by atoms with Crippen molar-refractivity contribution in [2.75, 3.05) is 65.7 Å². The molecule has 83 heavy (non-hydrogen) atoms. The molecular weight excluding hydrogens is 1120 g/mol. The van der Waals surface area contributed by atoms with E-state index in [9.17, 15) is 72.9 Å². The first-order valence-corrected chi connectivity index (χ1v) is 25.0. The highest BCUT2D eigenvalue weighted by Crippen LogP contribution is 2.32. The Morgan fingerprint density at radius 3 is 1.39 bits per heavy atom. The Balaban J connectivity index is 2.18. The molecule has 33 nitrogen and oxygen atoms in total. The van der Waals surface area contributed by atoms with Gasteiger partial charge in [-0.2, -0.15) is 0 Å². The first kappa shape index (κ1) is 58.1. The Morgan fingerprint density at radius 1 is 0.494 bits per heavy atom. The Morgan fingerprint density at radius 2 is 0.940 bits per heavy atom. The van der Waals surface area contributed by atoms with E-state index in [4.69, 9.17) is 82.4 Å². The van der Waals surface area contributed by atoms with Gasteiger partial charge in [0.2, 0.25) is 18.1 Å². The van der Waals surface area contributed by atoms with Crippen LogP contribution in [-0.4, -0.2) is 260 Å². The van der Waals surface area contributed by atoms with Gasteiger partial charge in [0.25, 0.3) is 0 Å². The molecule has 5 N–H and O–H groups in total. The molecule has 0 radical (unpaired) electrons. The molecule has 0 saturated carbocycles. The van der Waals surface area contributed by atoms with Crippen molar-refractivity contribution in [3.8, 4) is 0 Å². The van der Waals surface area contributed by atoms with E-state index in [1.807, 2.05) is 0 Å². The fourth-order valence-electron chi connectivity index (χ4n) is 8.26. The summed E-state index contributed by atoms with van der Waals surface area (Å²) in [5.41, 5.74) is 0. The highest BCUT2D eigenvalue weighted by molar-refractivity contribution is 5.83. The third-order valence-corrected chi connectivity index (χ3v) is 11.8. The van der Waals surface area contributed by atoms with E-state index >= 15 is 0 Å². The fraction of sp³-hybridized carbons (Fsp3) is 0.760. The zero-order chi connectivity index (χ0) is 67.9. The molecule has 0 spiro atoms. The number of carboxylic acids is 1. The minimum absolute atomic E-state index is 0.0252. The van der Waals surface area contributed by atoms with Crippen LogP contribution >= 0.6 is 0 Å². The maximum Gasteiger partial charge on any atom is 0.322 e. The number of carbonyl (C=O) groups excluding carboxylic acids is 11. The van der Waals surface area contributed by atoms with Crippen LogP contribution in [0.15, 0.2) is 0 Å². The number of amides is 2. The van der Waals surface area contributed by atoms with Crippen LogP contribution in [0.5, 0.6) is 0 Å². The number of nitrogens with one attached hydrogen (secondary N) is 1. The number of aliphatic hydroxyl groups is 3. The molecule has 0 bridgehead atoms. The summed E-state index contributed by atoms with van der Waals surface area (Å²) in [6.07, 6.45) is -27.5. The molecule has 0 aromatic carbocycles. The van der Waals surface area contributed by atoms with Gasteiger partial charge in [0, 0.05) is 92.2 Å². The lowest BCUT2D eigenvalue weighted by molar-refractivity contribution is -0.309. The first-order chi connectivity index (χ1) is 43.3. The maximum absolute atomic E-state index is 14.8. The van der Waals surface area contributed by atoms with Crippen molar-refractivity contribution in [2.24, 2.45) is 0 Å². The van der Waals surface area contributed by atoms with Crippen LogP contribution in [0.4, 0.5) is 0 Å². The van der Waals surface area contributed by atoms with Crippen molar-refractivity contribution in [3.63, 3.8) is 0 Å². The molecule has 3 fully saturated rings. The second-order valence-corrected chi connectivity index (χ2v) is 18.2. The lowest BCUT2D eigenvalue weighted by Crippen LogP contribution is -2.63. The van der Waals surface area contributed by atoms with Gasteiger partial charge in [-0.1, -0.05) is 6.42 Å². The molecule has 3 saturated heterocycles. The zero-order valence-electron chi connectivity index (χ0n) is 53.0. The van der Waals surface area contributed by atoms with Crippen molar-refractivity contribution in [1.82, 2.24) is 15.1 Å². The van der Waals surface area contributed by atoms with Gasteiger partial charge >= 0.3 is 59.7 Å². The second kappa shape index (κ2) is 34.8. The number of hydrogen-bond acceptors (Lipinski definition) is 30. The van der Waals surface area contributed by atoms with E-state index in [-0.39, 0.29) is 25.8 Å². The van der Waals surface area contributed by atoms with Crippen LogP contribution in [0, 0.1) is 0 Å². The minimum atomic E-state index is -2.05. The average Bonchev–Trinajstić information content (AvgIpc) is 0.822. The molecular formula is C50H75N3O30. The number of hydrogen-bond donors (Lipinski definition) is 5. The van der Waals surface area contributed by atoms with E-state index in [2.05, 4.69) is 5.32 Å². The number of esters is 9. The van der Waals surface area contributed by atoms with Crippen LogP contribution in [0.1, 0.15) is 98.8 Å². The first-order valence-electron chi connectivity index (χ1n) is 30.7. The average molecular weight is 1210 g/mol. The van der Waals surface area contributed by atoms with Gasteiger partial charge in [-0.15, -0.1) is 0 Å². The number of aliphatic hydroxyl groups excluding tert-OH is 3. The largest absolute Gasteiger partial charge is 0.481 e. The number of nitrogens with zero attached hydrogens (tertiary/aromatic N) is 2. The van der Waals surface area contributed by atoms with Gasteiger partial charge in [0.15, 0.2) is 49.2 Å². The predicted octanol–water partition coefficient (Wildman–Crippen LogP) is -3.55. The molecule has 3 aliphatic heterocycles. The van der Waals surface area contributed by atoms with E-state index in [0.29, 0.717) is 6.42 Å². The van der Waals surface area contributed by atoms with Crippen LogP contribution in [0.3, 0.4) is 0 Å². The Bertz CT molecular complexity index is 2320. The van der Waals surface area contributed by atoms with Crippen LogP contribution < -0.4 is 5.32 Å². The summed E-state index contributed by atoms with van der Waals surface area (Å²) in [6, 6.07) is 0. The van der Waals surface area contributed by atoms with Crippen molar-refractivity contribution in [2.45, 2.75) is 180 Å². The fourth-order valence-corrected chi connectivity index (χ4v) is 8.26. The minimum Gasteiger partial charge on any atom is -0.481 e. The zero-order valence-corrected chi connectivity index (χ0v) is 45.0. The van der Waals surface area contributed by atoms with Crippen molar-refractivity contribution >= 4 is 71.5 Å². The topological polar surface area (TPSA) is 433 Å². The number of rotatable bonds is 31. The van der Waals surface area contributed by atoms with E-state index in [1.54, 1.807) is 0 Å². The van der Waals surface area contributed by atoms with Gasteiger partial charge in [-0.3, -0.25) is 62.4 Å². The summed E-state index contributed by atoms with van der Waals surface area (Å²) in [5, 5.41) is 42.7. The summed E-state index contributed by atoms with van der Waals surface area (Å²) in [5.74, 6) is -14.5. The van der Waals surface area contributed by atoms with E-state index in [0.717, 1.165) is 9.80 Å². The molecule has 3 rings (SSSR count). The number of aliphatic carboxylic acids is 1. The Labute approximate surface area is 487 Å². The lowest BCUT2D eigenvalue weighted by Gasteiger charge is -2.44. The van der Waals surface area contributed by atoms with Crippen molar-refractivity contribution in [3.05, 3.63) is 0 Å². The predicted molar refractivity (Wildman–Crippen MR) is 266 cm³/mol. The molecule has 0 aromatic heterocycles. The SMILES string of the molecule is [2H]CC(=O)OC[C@H]1OC(OCCN(CCOC2O[C@H](COC(=O)C[2H])[C@@H](OC(=O)C[2H])[C@H](OC(=O)C[2H])[C@@H]2OC(=O)C[2H])C(=O)CN(CC(=O)NCCCCCC(=O)O)CC(=O)O[C@@H]2O[C@@H](C)[C@@H](O)[C@@H](O)[C@@H]2O)[C@@H](OC(=O)C[2H])[C@@H](OC(=O)C[2H])[C@@H]1OC(=O)C[2H]. The highest BCUT2D eigenvalue weighted by Gasteiger charge is 2.54. The number of carboxylic acid groups (broad SMARTS) is 1. The quantitative estimate of drug-likeness (QED) is 0.0255. The second-order valence-electron chi connectivity index (χ2n) is 18.2. The lowest BCUT2D eigenvalue weighted by atomic mass is 9.98. The van der Waals surface area contributed by atoms with Gasteiger partial charge < -0.3 is 97.0 Å². The summed E-state index contributed by atoms with van der Waals surface area (Å²) >= 11 is 0. The third kappa shape index (κ3) is 24.6. The number of carbonyl (C=O) groups is 12. The molecule has 15 atom stereocenters. The molecule has 3 heterocycles. The normalized spacial score (nSPS) is 28.8. The summed E-state index contributed by atoms with van der Waals surface area (Å²) in [7, 11) is 0. The molecule has 0 aromatic rings. The Hall–Kier alpha value is -6.72. The Kier molecular flexibility index (Phi) is 24.3. The van der Waals surface area contributed by atoms with E-state index < -0.39 is 278 Å². The molecule has 470 valence electrons. The molecule has 33 heteroatoms. The van der Waals surface area contributed by atoms with E-state index in [1.165, 1.54) is 6.92 Å². The molecule has 2 amide bonds. The number of unbranched alkanes of at least 4 members (excludes halogenated alkanes) is 2. The third-order valence-electron chi connectivity index (χ3n) is 11.8. The highest BCUT2D eigenvalue weighted by atomic mass is 16.8. The maximum atomic E-state index is 14.8. The smallest absolute Gasteiger partial charge is 0.322 e. The summed E-state index contributed by atoms with van der Waals surface area (Å²) in [4.78, 5) is 155. The standard InChI is InChI=1S/C50H75N3O30/c1-24-39(67)40(68)41(69)48(74-24)83-38(66)21-52(19-35(62)51-14-12-10-11-13-37(64)65)20-36(63)53(15-17-70-49-46(79-31(8)60)44(77-29(6)58)42(75-27(4)56)33(81-49)22-72-25(2)54)16-18-71-50-47(80-32(9)61)45(78-30(7)59)43(76-28(5)57)34(82-50)23-73-26(3)55/h24,33-34,39-50,67-69H,10-23H2,1-9H3,(H,51,62)(H,64,65)/t24-,33+,34+,39+,40+,41-,42+,43+,44-,45-,46-,47-,48-,49?,50?/m0/s1/i2D,3D,4D,5D,6D,7D,8D,9D. The van der Waals surface area contributed by atoms with Gasteiger partial charge in [-0.25, -0.2) is 0 Å². The summed E-state index contributed by atoms with van der Waals surface area (Å²) in [6.45, 7) is -14.7. The van der Waals surface area contributed by atoms with Crippen molar-refractivity contribution in [1.29, 1.82) is 0 Å². The molecule has 0 aliphatic carbocycles. The monoisotopic (exact) mass is 1210 g/mol.